The van der Waals surface area contributed by atoms with Gasteiger partial charge in [-0.3, -0.25) is 14.2 Å². The summed E-state index contributed by atoms with van der Waals surface area (Å²) in [5.74, 6) is 2.17. The van der Waals surface area contributed by atoms with Gasteiger partial charge in [-0.15, -0.1) is 0 Å². The van der Waals surface area contributed by atoms with Crippen molar-refractivity contribution in [2.24, 2.45) is 0 Å². The Hall–Kier alpha value is -9.53. The summed E-state index contributed by atoms with van der Waals surface area (Å²) < 4.78 is 57.3. The summed E-state index contributed by atoms with van der Waals surface area (Å²) >= 11 is 0. The van der Waals surface area contributed by atoms with Crippen LogP contribution in [0.15, 0.2) is 271 Å². The molecule has 2 N–H and O–H groups in total. The normalized spacial score (nSPS) is 12.4. The van der Waals surface area contributed by atoms with Crippen LogP contribution in [0.2, 0.25) is 5.04 Å². The first-order valence-electron chi connectivity index (χ1n) is 31.8. The smallest absolute Gasteiger partial charge is 0.338 e. The highest BCUT2D eigenvalue weighted by Crippen LogP contribution is 2.44. The van der Waals surface area contributed by atoms with Crippen molar-refractivity contribution in [3.63, 3.8) is 0 Å². The van der Waals surface area contributed by atoms with Crippen LogP contribution in [0.5, 0.6) is 23.0 Å². The van der Waals surface area contributed by atoms with Crippen LogP contribution < -0.4 is 40.6 Å². The van der Waals surface area contributed by atoms with Gasteiger partial charge in [0.25, 0.3) is 19.8 Å². The summed E-state index contributed by atoms with van der Waals surface area (Å²) in [5, 5.41) is 22.3. The number of rotatable bonds is 30. The molecule has 0 unspecified atom stereocenters. The molecule has 0 saturated heterocycles. The molecule has 2 atom stereocenters. The molecule has 0 aliphatic carbocycles. The fourth-order valence-corrected chi connectivity index (χ4v) is 16.6. The third-order valence-corrected chi connectivity index (χ3v) is 21.8. The van der Waals surface area contributed by atoms with E-state index in [0.29, 0.717) is 16.1 Å². The van der Waals surface area contributed by atoms with E-state index < -0.39 is 48.9 Å². The largest absolute Gasteiger partial charge is 0.497 e. The number of aliphatic hydroxyl groups is 2. The maximum absolute atomic E-state index is 13.1. The number of carbonyl (C=O) groups excluding carboxylic acids is 1. The van der Waals surface area contributed by atoms with E-state index in [1.807, 2.05) is 158 Å². The van der Waals surface area contributed by atoms with Crippen molar-refractivity contribution < 1.29 is 57.3 Å². The number of ether oxygens (including phenoxy) is 8. The van der Waals surface area contributed by atoms with E-state index >= 15 is 0 Å². The molecule has 0 aliphatic rings. The van der Waals surface area contributed by atoms with Crippen molar-refractivity contribution in [1.82, 2.24) is 9.13 Å². The summed E-state index contributed by atoms with van der Waals surface area (Å²) in [6, 6.07) is 81.5. The molecule has 0 spiro atoms. The number of nitrogens with zero attached hydrogens (tertiary/aromatic N) is 2. The third kappa shape index (κ3) is 16.2. The van der Waals surface area contributed by atoms with E-state index in [1.54, 1.807) is 46.6 Å². The molecule has 10 rings (SSSR count). The zero-order chi connectivity index (χ0) is 68.0. The summed E-state index contributed by atoms with van der Waals surface area (Å²) in [6.45, 7) is 6.90. The van der Waals surface area contributed by atoms with Crippen LogP contribution >= 0.6 is 0 Å². The van der Waals surface area contributed by atoms with Gasteiger partial charge in [-0.25, -0.2) is 4.79 Å². The highest BCUT2D eigenvalue weighted by Gasteiger charge is 2.51. The minimum Gasteiger partial charge on any atom is -0.497 e. The van der Waals surface area contributed by atoms with Crippen LogP contribution in [0.25, 0.3) is 0 Å². The highest BCUT2D eigenvalue weighted by molar-refractivity contribution is 6.99. The first kappa shape index (κ1) is 70.8. The van der Waals surface area contributed by atoms with Gasteiger partial charge in [-0.2, -0.15) is 4.57 Å². The highest BCUT2D eigenvalue weighted by atomic mass is 28.4. The molecule has 1 heterocycles. The standard InChI is InChI=1S/C42H48O6Si.C37H36N2O8/c1-41(2,3)49(39-17-11-7-12-18-39,40-19-13-8-14-20-40)48-32-38(46-30-29-43)31-47-42(33-15-9-6-10-16-33,34-21-25-36(44-4)26-22-34)35-23-27-37(45-5)28-24-35;1-44-31-17-13-29(14-18-31)37(28-11-7-4-8-12-28,30-15-19-32(45-2)20-16-30)47-26-33(25-40)46-24-23-38-22-21-34(41)39(36(38)43)35(42)27-9-5-3-6-10-27/h6-28,38,43H,29-32H2,1-5H3;3-22,33,40H,23-26H2,1-2H3/t38-;33-/m10/s1. The van der Waals surface area contributed by atoms with Gasteiger partial charge in [0, 0.05) is 17.8 Å². The number of carbonyl (C=O) groups is 1. The summed E-state index contributed by atoms with van der Waals surface area (Å²) in [4.78, 5) is 38.5. The van der Waals surface area contributed by atoms with Crippen LogP contribution in [-0.2, 0) is 41.1 Å². The number of benzene rings is 9. The van der Waals surface area contributed by atoms with Crippen LogP contribution in [0.1, 0.15) is 64.5 Å². The van der Waals surface area contributed by atoms with Gasteiger partial charge in [-0.05, 0) is 109 Å². The van der Waals surface area contributed by atoms with Gasteiger partial charge in [0.05, 0.1) is 81.2 Å². The van der Waals surface area contributed by atoms with Crippen LogP contribution in [0.4, 0.5) is 0 Å². The second-order valence-corrected chi connectivity index (χ2v) is 27.9. The van der Waals surface area contributed by atoms with E-state index in [0.717, 1.165) is 50.9 Å². The predicted octanol–water partition coefficient (Wildman–Crippen LogP) is 11.1. The first-order chi connectivity index (χ1) is 46.7. The molecule has 16 nitrogen and oxygen atoms in total. The van der Waals surface area contributed by atoms with Crippen molar-refractivity contribution >= 4 is 24.6 Å². The first-order valence-corrected chi connectivity index (χ1v) is 33.7. The molecular formula is C79H84N2O14Si. The van der Waals surface area contributed by atoms with Crippen LogP contribution in [0, 0.1) is 0 Å². The fourth-order valence-electron chi connectivity index (χ4n) is 12.0. The monoisotopic (exact) mass is 1310 g/mol. The number of methoxy groups -OCH3 is 4. The topological polar surface area (TPSA) is 185 Å². The molecule has 498 valence electrons. The summed E-state index contributed by atoms with van der Waals surface area (Å²) in [7, 11) is 3.66. The number of hydrogen-bond donors (Lipinski definition) is 2. The second kappa shape index (κ2) is 33.7. The Labute approximate surface area is 562 Å². The lowest BCUT2D eigenvalue weighted by molar-refractivity contribution is -0.0835. The van der Waals surface area contributed by atoms with Crippen LogP contribution in [-0.4, -0.2) is 120 Å². The van der Waals surface area contributed by atoms with E-state index in [2.05, 4.69) is 81.4 Å². The molecule has 0 amide bonds. The minimum absolute atomic E-state index is 0.00433. The number of hydrogen-bond acceptors (Lipinski definition) is 14. The lowest BCUT2D eigenvalue weighted by Gasteiger charge is -2.44. The molecule has 1 aromatic heterocycles. The van der Waals surface area contributed by atoms with Crippen molar-refractivity contribution in [1.29, 1.82) is 0 Å². The second-order valence-electron chi connectivity index (χ2n) is 23.6. The Morgan fingerprint density at radius 1 is 0.438 bits per heavy atom. The third-order valence-electron chi connectivity index (χ3n) is 16.8. The van der Waals surface area contributed by atoms with Crippen LogP contribution in [0.3, 0.4) is 0 Å². The molecule has 17 heteroatoms. The Morgan fingerprint density at radius 3 is 1.16 bits per heavy atom. The quantitative estimate of drug-likeness (QED) is 0.0320. The fraction of sp³-hybridized carbons (Fsp3) is 0.253. The maximum atomic E-state index is 13.1. The summed E-state index contributed by atoms with van der Waals surface area (Å²) in [5.41, 5.74) is 1.89. The molecule has 0 saturated carbocycles. The molecule has 10 aromatic rings. The van der Waals surface area contributed by atoms with E-state index in [1.165, 1.54) is 33.3 Å². The molecule has 0 bridgehead atoms. The van der Waals surface area contributed by atoms with Crippen molar-refractivity contribution in [2.75, 3.05) is 74.7 Å². The van der Waals surface area contributed by atoms with E-state index in [9.17, 15) is 24.6 Å². The molecule has 96 heavy (non-hydrogen) atoms. The average Bonchev–Trinajstić information content (AvgIpc) is 0.764. The van der Waals surface area contributed by atoms with Crippen molar-refractivity contribution in [3.05, 3.63) is 321 Å². The van der Waals surface area contributed by atoms with E-state index in [4.69, 9.17) is 42.3 Å². The Bertz CT molecular complexity index is 3970. The molecule has 0 radical (unpaired) electrons. The van der Waals surface area contributed by atoms with Gasteiger partial charge in [0.2, 0.25) is 0 Å². The predicted molar refractivity (Wildman–Crippen MR) is 375 cm³/mol. The molecular weight excluding hydrogens is 1230 g/mol. The minimum atomic E-state index is -2.86. The van der Waals surface area contributed by atoms with Gasteiger partial charge < -0.3 is 52.5 Å². The molecule has 0 aliphatic heterocycles. The Morgan fingerprint density at radius 2 is 0.792 bits per heavy atom. The van der Waals surface area contributed by atoms with Gasteiger partial charge >= 0.3 is 5.69 Å². The Balaban J connectivity index is 0.000000226. The van der Waals surface area contributed by atoms with Crippen molar-refractivity contribution in [2.45, 2.75) is 55.8 Å². The average molecular weight is 1310 g/mol. The van der Waals surface area contributed by atoms with Gasteiger partial charge in [0.15, 0.2) is 0 Å². The molecule has 0 fully saturated rings. The lowest BCUT2D eigenvalue weighted by Crippen LogP contribution is -2.67. The van der Waals surface area contributed by atoms with Gasteiger partial charge in [0.1, 0.15) is 46.4 Å². The SMILES string of the molecule is COc1ccc(C(OC[C@H](CO)OCCn2ccc(=O)n(C(=O)c3ccccc3)c2=O)(c2ccccc2)c2ccc(OC)cc2)cc1.COc1ccc(C(OC[C@H](CO[Si](c2ccccc2)(c2ccccc2)C(C)(C)C)OCCO)(c2ccccc2)c2ccc(OC)cc2)cc1. The Kier molecular flexibility index (Phi) is 24.9. The van der Waals surface area contributed by atoms with E-state index in [-0.39, 0.29) is 63.4 Å². The molecule has 9 aromatic carbocycles. The zero-order valence-electron chi connectivity index (χ0n) is 55.3. The summed E-state index contributed by atoms with van der Waals surface area (Å²) in [6.07, 6.45) is 0.0524. The maximum Gasteiger partial charge on any atom is 0.338 e. The van der Waals surface area contributed by atoms with Gasteiger partial charge in [-0.1, -0.05) is 209 Å². The number of aromatic nitrogens is 2. The lowest BCUT2D eigenvalue weighted by atomic mass is 9.80. The van der Waals surface area contributed by atoms with Crippen molar-refractivity contribution in [3.8, 4) is 23.0 Å². The zero-order valence-corrected chi connectivity index (χ0v) is 56.3. The number of aliphatic hydroxyl groups excluding tert-OH is 2.